The Morgan fingerprint density at radius 2 is 1.39 bits per heavy atom. The lowest BCUT2D eigenvalue weighted by Crippen LogP contribution is -2.44. The van der Waals surface area contributed by atoms with Gasteiger partial charge in [-0.15, -0.1) is 0 Å². The van der Waals surface area contributed by atoms with Gasteiger partial charge in [0, 0.05) is 53.0 Å². The quantitative estimate of drug-likeness (QED) is 0.112. The van der Waals surface area contributed by atoms with E-state index in [1.54, 1.807) is 34.4 Å². The maximum atomic E-state index is 11.8. The van der Waals surface area contributed by atoms with Crippen LogP contribution in [-0.2, 0) is 63.7 Å². The third-order valence-electron chi connectivity index (χ3n) is 8.34. The molecule has 3 rings (SSSR count). The smallest absolute Gasteiger partial charge is 0.328 e. The number of nitrogens with two attached hydrogens (primary N) is 1. The van der Waals surface area contributed by atoms with Gasteiger partial charge in [-0.1, -0.05) is 32.0 Å². The number of ketones is 2. The molecule has 0 bridgehead atoms. The largest absolute Gasteiger partial charge is 0.480 e. The molecule has 3 amide bonds. The number of aliphatic carboxylic acids is 1. The van der Waals surface area contributed by atoms with Crippen molar-refractivity contribution in [3.8, 4) is 0 Å². The summed E-state index contributed by atoms with van der Waals surface area (Å²) in [6.45, 7) is 10.9. The van der Waals surface area contributed by atoms with E-state index in [1.807, 2.05) is 40.2 Å². The third kappa shape index (κ3) is 17.2. The zero-order chi connectivity index (χ0) is 41.1. The number of benzene rings is 1. The number of aryl methyl sites for hydroxylation is 1. The third-order valence-corrected chi connectivity index (χ3v) is 8.34. The number of amides is 3. The number of carbonyl (C=O) groups is 6. The number of primary amides is 1. The monoisotopic (exact) mass is 752 g/mol. The molecular weight excluding hydrogens is 692 g/mol. The van der Waals surface area contributed by atoms with Crippen molar-refractivity contribution >= 4 is 35.3 Å². The highest BCUT2D eigenvalue weighted by Gasteiger charge is 2.21. The second kappa shape index (κ2) is 23.6. The molecule has 0 saturated heterocycles. The molecule has 0 radical (unpaired) electrons. The number of nitrogens with one attached hydrogen (secondary N) is 2. The lowest BCUT2D eigenvalue weighted by atomic mass is 9.97. The maximum absolute atomic E-state index is 11.8. The lowest BCUT2D eigenvalue weighted by molar-refractivity contribution is -0.143. The van der Waals surface area contributed by atoms with Crippen molar-refractivity contribution in [3.63, 3.8) is 0 Å². The number of carboxylic acids is 1. The summed E-state index contributed by atoms with van der Waals surface area (Å²) >= 11 is 0. The van der Waals surface area contributed by atoms with E-state index in [0.717, 1.165) is 36.2 Å². The van der Waals surface area contributed by atoms with E-state index in [2.05, 4.69) is 41.5 Å². The number of carboxylic acid groups (broad SMARTS) is 1. The molecule has 14 heteroatoms. The molecule has 2 heterocycles. The van der Waals surface area contributed by atoms with Crippen LogP contribution in [-0.4, -0.2) is 101 Å². The number of carbonyl (C=O) groups excluding carboxylic acids is 5. The van der Waals surface area contributed by atoms with Crippen LogP contribution in [0, 0.1) is 12.8 Å². The minimum absolute atomic E-state index is 0.00270. The van der Waals surface area contributed by atoms with Crippen LogP contribution in [0.4, 0.5) is 0 Å². The van der Waals surface area contributed by atoms with Crippen LogP contribution < -0.4 is 16.4 Å². The van der Waals surface area contributed by atoms with E-state index >= 15 is 0 Å². The minimum Gasteiger partial charge on any atom is -0.480 e. The Balaban J connectivity index is 0.000000409. The van der Waals surface area contributed by atoms with Crippen LogP contribution in [0.15, 0.2) is 42.5 Å². The van der Waals surface area contributed by atoms with E-state index in [9.17, 15) is 28.8 Å². The Hall–Kier alpha value is -5.08. The second-order valence-electron chi connectivity index (χ2n) is 13.9. The van der Waals surface area contributed by atoms with Gasteiger partial charge in [-0.25, -0.2) is 4.79 Å². The van der Waals surface area contributed by atoms with Gasteiger partial charge in [-0.05, 0) is 87.3 Å². The molecule has 0 saturated carbocycles. The van der Waals surface area contributed by atoms with Gasteiger partial charge in [-0.2, -0.15) is 0 Å². The van der Waals surface area contributed by atoms with Gasteiger partial charge < -0.3 is 40.2 Å². The molecule has 2 aromatic heterocycles. The molecule has 1 atom stereocenters. The normalized spacial score (nSPS) is 11.2. The van der Waals surface area contributed by atoms with Crippen LogP contribution >= 0.6 is 0 Å². The molecule has 0 aliphatic rings. The van der Waals surface area contributed by atoms with Crippen molar-refractivity contribution in [1.82, 2.24) is 24.7 Å². The first-order chi connectivity index (χ1) is 25.3. The lowest BCUT2D eigenvalue weighted by Gasteiger charge is -2.13. The van der Waals surface area contributed by atoms with Gasteiger partial charge in [-0.3, -0.25) is 24.0 Å². The van der Waals surface area contributed by atoms with Crippen LogP contribution in [0.25, 0.3) is 0 Å². The number of aromatic nitrogens is 2. The van der Waals surface area contributed by atoms with Crippen LogP contribution in [0.2, 0.25) is 0 Å². The molecule has 54 heavy (non-hydrogen) atoms. The first-order valence-electron chi connectivity index (χ1n) is 17.9. The average Bonchev–Trinajstić information content (AvgIpc) is 3.61. The number of ether oxygens (including phenoxy) is 1. The Bertz CT molecular complexity index is 1720. The summed E-state index contributed by atoms with van der Waals surface area (Å²) in [5.41, 5.74) is 11.3. The van der Waals surface area contributed by atoms with E-state index in [0.29, 0.717) is 42.4 Å². The van der Waals surface area contributed by atoms with Gasteiger partial charge in [0.1, 0.15) is 0 Å². The highest BCUT2D eigenvalue weighted by molar-refractivity contribution is 5.93. The number of rotatable bonds is 18. The fraction of sp³-hybridized carbons (Fsp3) is 0.500. The molecule has 14 nitrogen and oxygen atoms in total. The Kier molecular flexibility index (Phi) is 20.5. The highest BCUT2D eigenvalue weighted by atomic mass is 16.5. The van der Waals surface area contributed by atoms with E-state index in [-0.39, 0.29) is 36.4 Å². The molecule has 0 spiro atoms. The van der Waals surface area contributed by atoms with Crippen molar-refractivity contribution in [2.45, 2.75) is 72.8 Å². The number of nitrogens with zero attached hydrogens (tertiary/aromatic N) is 3. The summed E-state index contributed by atoms with van der Waals surface area (Å²) < 4.78 is 8.13. The Labute approximate surface area is 319 Å². The number of Topliss-reactive ketones (excluding diaryl/α,β-unsaturated/α-hetero) is 2. The van der Waals surface area contributed by atoms with Gasteiger partial charge in [0.05, 0.1) is 37.3 Å². The SMILES string of the molecule is CC(=O)c1ccc(CC(=O)NCCCN(C)C)n1C.COC[C@H](NC(=O)Cc1ccc(C(C)=O)n1C)C(=O)O.Cc1cc(CC(C)C)ccc1CC(N)=O. The van der Waals surface area contributed by atoms with Gasteiger partial charge >= 0.3 is 5.97 Å². The predicted octanol–water partition coefficient (Wildman–Crippen LogP) is 3.05. The minimum atomic E-state index is -1.16. The fourth-order valence-electron chi connectivity index (χ4n) is 5.51. The summed E-state index contributed by atoms with van der Waals surface area (Å²) in [5, 5.41) is 14.2. The Morgan fingerprint density at radius 1 is 0.852 bits per heavy atom. The summed E-state index contributed by atoms with van der Waals surface area (Å²) in [4.78, 5) is 70.0. The number of methoxy groups -OCH3 is 1. The van der Waals surface area contributed by atoms with Crippen LogP contribution in [0.5, 0.6) is 0 Å². The van der Waals surface area contributed by atoms with Crippen molar-refractivity contribution < 1.29 is 38.6 Å². The van der Waals surface area contributed by atoms with Crippen LogP contribution in [0.1, 0.15) is 83.2 Å². The summed E-state index contributed by atoms with van der Waals surface area (Å²) in [7, 11) is 8.87. The fourth-order valence-corrected chi connectivity index (χ4v) is 5.51. The van der Waals surface area contributed by atoms with Gasteiger partial charge in [0.15, 0.2) is 17.6 Å². The first-order valence-corrected chi connectivity index (χ1v) is 17.9. The van der Waals surface area contributed by atoms with Crippen molar-refractivity contribution in [2.24, 2.45) is 25.7 Å². The van der Waals surface area contributed by atoms with E-state index in [1.165, 1.54) is 26.5 Å². The van der Waals surface area contributed by atoms with Crippen LogP contribution in [0.3, 0.4) is 0 Å². The highest BCUT2D eigenvalue weighted by Crippen LogP contribution is 2.15. The topological polar surface area (TPSA) is 195 Å². The van der Waals surface area contributed by atoms with Crippen molar-refractivity contribution in [1.29, 1.82) is 0 Å². The summed E-state index contributed by atoms with van der Waals surface area (Å²) in [6, 6.07) is 12.1. The molecule has 5 N–H and O–H groups in total. The summed E-state index contributed by atoms with van der Waals surface area (Å²) in [6.07, 6.45) is 2.67. The maximum Gasteiger partial charge on any atom is 0.328 e. The summed E-state index contributed by atoms with van der Waals surface area (Å²) in [5.74, 6) is -1.29. The molecule has 3 aromatic rings. The standard InChI is InChI=1S/C14H23N3O2.C13H18N2O5.C13H19NO/c1-11(18)13-7-6-12(17(13)4)10-14(19)15-8-5-9-16(2)3;1-8(16)11-5-4-9(15(11)2)6-12(17)14-10(7-20-3)13(18)19;1-9(2)6-11-4-5-12(8-13(14)15)10(3)7-11/h6-7H,5,8-10H2,1-4H3,(H,15,19);4-5,10H,6-7H2,1-3H3,(H,14,17)(H,18,19);4-5,7,9H,6,8H2,1-3H3,(H2,14,15)/t;10-;/m.0./s1. The predicted molar refractivity (Wildman–Crippen MR) is 208 cm³/mol. The Morgan fingerprint density at radius 3 is 1.80 bits per heavy atom. The van der Waals surface area contributed by atoms with E-state index in [4.69, 9.17) is 15.6 Å². The first kappa shape index (κ1) is 46.9. The molecule has 0 aliphatic carbocycles. The molecule has 298 valence electrons. The number of hydrogen-bond acceptors (Lipinski definition) is 8. The van der Waals surface area contributed by atoms with Crippen molar-refractivity contribution in [2.75, 3.05) is 40.9 Å². The van der Waals surface area contributed by atoms with Crippen molar-refractivity contribution in [3.05, 3.63) is 81.9 Å². The van der Waals surface area contributed by atoms with Gasteiger partial charge in [0.25, 0.3) is 0 Å². The molecule has 0 fully saturated rings. The molecule has 0 unspecified atom stereocenters. The van der Waals surface area contributed by atoms with Gasteiger partial charge in [0.2, 0.25) is 17.7 Å². The average molecular weight is 753 g/mol. The molecule has 1 aromatic carbocycles. The zero-order valence-corrected chi connectivity index (χ0v) is 33.6. The molecular formula is C40H60N6O8. The molecule has 0 aliphatic heterocycles. The number of hydrogen-bond donors (Lipinski definition) is 4. The second-order valence-corrected chi connectivity index (χ2v) is 13.9. The van der Waals surface area contributed by atoms with E-state index < -0.39 is 17.9 Å². The zero-order valence-electron chi connectivity index (χ0n) is 33.6.